The minimum Gasteiger partial charge on any atom is -0.493 e. The first-order valence-electron chi connectivity index (χ1n) is 5.95. The number of carbonyl (C=O) groups is 1. The maximum absolute atomic E-state index is 11.2. The molecule has 2 nitrogen and oxygen atoms in total. The Kier molecular flexibility index (Phi) is 5.03. The highest BCUT2D eigenvalue weighted by atomic mass is 16.5. The summed E-state index contributed by atoms with van der Waals surface area (Å²) >= 11 is 0. The van der Waals surface area contributed by atoms with Gasteiger partial charge in [0.1, 0.15) is 5.75 Å². The molecule has 1 aromatic carbocycles. The highest BCUT2D eigenvalue weighted by molar-refractivity contribution is 5.94. The molecule has 0 aliphatic heterocycles. The van der Waals surface area contributed by atoms with Crippen LogP contribution >= 0.6 is 0 Å². The highest BCUT2D eigenvalue weighted by Crippen LogP contribution is 2.21. The number of unbranched alkanes of at least 4 members (excludes halogenated alkanes) is 1. The number of benzene rings is 1. The van der Waals surface area contributed by atoms with Crippen LogP contribution in [0.3, 0.4) is 0 Å². The van der Waals surface area contributed by atoms with Gasteiger partial charge in [0.05, 0.1) is 6.61 Å². The van der Waals surface area contributed by atoms with Gasteiger partial charge in [0.2, 0.25) is 0 Å². The molecule has 0 saturated carbocycles. The molecule has 0 unspecified atom stereocenters. The molecule has 0 atom stereocenters. The SMILES string of the molecule is CCCCOc1ccc(C(C)=O)cc1CC. The molecule has 0 N–H and O–H groups in total. The van der Waals surface area contributed by atoms with Crippen LogP contribution in [-0.2, 0) is 6.42 Å². The third-order valence-corrected chi connectivity index (χ3v) is 2.60. The van der Waals surface area contributed by atoms with Crippen LogP contribution in [0.2, 0.25) is 0 Å². The summed E-state index contributed by atoms with van der Waals surface area (Å²) in [5, 5.41) is 0. The lowest BCUT2D eigenvalue weighted by Crippen LogP contribution is -2.01. The molecule has 0 bridgehead atoms. The van der Waals surface area contributed by atoms with E-state index in [4.69, 9.17) is 4.74 Å². The van der Waals surface area contributed by atoms with E-state index in [1.165, 1.54) is 0 Å². The van der Waals surface area contributed by atoms with Crippen LogP contribution in [0.1, 0.15) is 49.5 Å². The molecule has 2 heteroatoms. The van der Waals surface area contributed by atoms with Gasteiger partial charge in [-0.2, -0.15) is 0 Å². The molecule has 16 heavy (non-hydrogen) atoms. The fraction of sp³-hybridized carbons (Fsp3) is 0.500. The first-order chi connectivity index (χ1) is 7.69. The summed E-state index contributed by atoms with van der Waals surface area (Å²) in [5.41, 5.74) is 1.88. The van der Waals surface area contributed by atoms with Crippen molar-refractivity contribution < 1.29 is 9.53 Å². The summed E-state index contributed by atoms with van der Waals surface area (Å²) in [6, 6.07) is 5.68. The Morgan fingerprint density at radius 2 is 2.06 bits per heavy atom. The van der Waals surface area contributed by atoms with Crippen LogP contribution < -0.4 is 4.74 Å². The Bertz CT molecular complexity index is 356. The average molecular weight is 220 g/mol. The van der Waals surface area contributed by atoms with Crippen molar-refractivity contribution in [3.05, 3.63) is 29.3 Å². The van der Waals surface area contributed by atoms with Crippen molar-refractivity contribution in [1.82, 2.24) is 0 Å². The van der Waals surface area contributed by atoms with Gasteiger partial charge in [-0.05, 0) is 43.5 Å². The van der Waals surface area contributed by atoms with E-state index in [9.17, 15) is 4.79 Å². The van der Waals surface area contributed by atoms with Crippen LogP contribution in [0.25, 0.3) is 0 Å². The lowest BCUT2D eigenvalue weighted by atomic mass is 10.1. The van der Waals surface area contributed by atoms with E-state index in [-0.39, 0.29) is 5.78 Å². The van der Waals surface area contributed by atoms with Crippen molar-refractivity contribution in [2.24, 2.45) is 0 Å². The lowest BCUT2D eigenvalue weighted by molar-refractivity contribution is 0.101. The lowest BCUT2D eigenvalue weighted by Gasteiger charge is -2.11. The van der Waals surface area contributed by atoms with Crippen molar-refractivity contribution in [3.63, 3.8) is 0 Å². The molecule has 0 fully saturated rings. The summed E-state index contributed by atoms with van der Waals surface area (Å²) in [7, 11) is 0. The molecule has 0 saturated heterocycles. The van der Waals surface area contributed by atoms with E-state index in [1.54, 1.807) is 6.92 Å². The van der Waals surface area contributed by atoms with Gasteiger partial charge in [0, 0.05) is 5.56 Å². The smallest absolute Gasteiger partial charge is 0.159 e. The van der Waals surface area contributed by atoms with E-state index in [2.05, 4.69) is 13.8 Å². The number of rotatable bonds is 6. The highest BCUT2D eigenvalue weighted by Gasteiger charge is 2.06. The second-order valence-electron chi connectivity index (χ2n) is 3.93. The van der Waals surface area contributed by atoms with Gasteiger partial charge in [0.15, 0.2) is 5.78 Å². The van der Waals surface area contributed by atoms with Crippen LogP contribution in [-0.4, -0.2) is 12.4 Å². The Labute approximate surface area is 97.6 Å². The number of ether oxygens (including phenoxy) is 1. The van der Waals surface area contributed by atoms with Gasteiger partial charge in [-0.3, -0.25) is 4.79 Å². The minimum absolute atomic E-state index is 0.106. The molecule has 1 aromatic rings. The summed E-state index contributed by atoms with van der Waals surface area (Å²) in [6.45, 7) is 6.56. The van der Waals surface area contributed by atoms with Crippen molar-refractivity contribution >= 4 is 5.78 Å². The van der Waals surface area contributed by atoms with E-state index < -0.39 is 0 Å². The molecule has 88 valence electrons. The monoisotopic (exact) mass is 220 g/mol. The van der Waals surface area contributed by atoms with Gasteiger partial charge in [-0.25, -0.2) is 0 Å². The molecule has 0 aliphatic rings. The molecule has 0 heterocycles. The molecule has 0 amide bonds. The van der Waals surface area contributed by atoms with E-state index >= 15 is 0 Å². The molecule has 0 aliphatic carbocycles. The van der Waals surface area contributed by atoms with Crippen molar-refractivity contribution in [1.29, 1.82) is 0 Å². The minimum atomic E-state index is 0.106. The Morgan fingerprint density at radius 3 is 2.62 bits per heavy atom. The van der Waals surface area contributed by atoms with Crippen molar-refractivity contribution in [2.75, 3.05) is 6.61 Å². The number of aryl methyl sites for hydroxylation is 1. The number of carbonyl (C=O) groups excluding carboxylic acids is 1. The quantitative estimate of drug-likeness (QED) is 0.540. The molecule has 0 radical (unpaired) electrons. The number of ketones is 1. The number of Topliss-reactive ketones (excluding diaryl/α,β-unsaturated/α-hetero) is 1. The molecule has 0 aromatic heterocycles. The van der Waals surface area contributed by atoms with E-state index in [1.807, 2.05) is 18.2 Å². The first-order valence-corrected chi connectivity index (χ1v) is 5.95. The van der Waals surface area contributed by atoms with E-state index in [0.29, 0.717) is 0 Å². The van der Waals surface area contributed by atoms with Crippen LogP contribution in [0.15, 0.2) is 18.2 Å². The second-order valence-corrected chi connectivity index (χ2v) is 3.93. The van der Waals surface area contributed by atoms with Gasteiger partial charge in [0.25, 0.3) is 0 Å². The van der Waals surface area contributed by atoms with Crippen LogP contribution in [0.4, 0.5) is 0 Å². The van der Waals surface area contributed by atoms with Gasteiger partial charge in [-0.15, -0.1) is 0 Å². The zero-order valence-corrected chi connectivity index (χ0v) is 10.4. The Balaban J connectivity index is 2.80. The second kappa shape index (κ2) is 6.31. The maximum Gasteiger partial charge on any atom is 0.159 e. The zero-order chi connectivity index (χ0) is 12.0. The Hall–Kier alpha value is -1.31. The van der Waals surface area contributed by atoms with Crippen molar-refractivity contribution in [2.45, 2.75) is 40.0 Å². The molecule has 1 rings (SSSR count). The predicted octanol–water partition coefficient (Wildman–Crippen LogP) is 3.63. The third-order valence-electron chi connectivity index (χ3n) is 2.60. The van der Waals surface area contributed by atoms with Gasteiger partial charge < -0.3 is 4.74 Å². The topological polar surface area (TPSA) is 26.3 Å². The fourth-order valence-corrected chi connectivity index (χ4v) is 1.54. The molecule has 0 spiro atoms. The summed E-state index contributed by atoms with van der Waals surface area (Å²) < 4.78 is 5.69. The normalized spacial score (nSPS) is 10.2. The standard InChI is InChI=1S/C14H20O2/c1-4-6-9-16-14-8-7-13(11(3)15)10-12(14)5-2/h7-8,10H,4-6,9H2,1-3H3. The molecular weight excluding hydrogens is 200 g/mol. The van der Waals surface area contributed by atoms with Crippen LogP contribution in [0.5, 0.6) is 5.75 Å². The number of hydrogen-bond acceptors (Lipinski definition) is 2. The van der Waals surface area contributed by atoms with Crippen molar-refractivity contribution in [3.8, 4) is 5.75 Å². The summed E-state index contributed by atoms with van der Waals surface area (Å²) in [6.07, 6.45) is 3.09. The zero-order valence-electron chi connectivity index (χ0n) is 10.4. The van der Waals surface area contributed by atoms with Gasteiger partial charge >= 0.3 is 0 Å². The molecular formula is C14H20O2. The fourth-order valence-electron chi connectivity index (χ4n) is 1.54. The largest absolute Gasteiger partial charge is 0.493 e. The summed E-state index contributed by atoms with van der Waals surface area (Å²) in [4.78, 5) is 11.2. The summed E-state index contributed by atoms with van der Waals surface area (Å²) in [5.74, 6) is 1.02. The van der Waals surface area contributed by atoms with E-state index in [0.717, 1.165) is 42.7 Å². The third kappa shape index (κ3) is 3.37. The van der Waals surface area contributed by atoms with Crippen LogP contribution in [0, 0.1) is 0 Å². The maximum atomic E-state index is 11.2. The number of hydrogen-bond donors (Lipinski definition) is 0. The Morgan fingerprint density at radius 1 is 1.31 bits per heavy atom. The van der Waals surface area contributed by atoms with Gasteiger partial charge in [-0.1, -0.05) is 20.3 Å². The predicted molar refractivity (Wildman–Crippen MR) is 66.2 cm³/mol. The first kappa shape index (κ1) is 12.8. The average Bonchev–Trinajstić information content (AvgIpc) is 2.29.